The number of rotatable bonds is 5. The second-order valence-electron chi connectivity index (χ2n) is 6.35. The lowest BCUT2D eigenvalue weighted by molar-refractivity contribution is -0.150. The Kier molecular flexibility index (Phi) is 4.16. The summed E-state index contributed by atoms with van der Waals surface area (Å²) >= 11 is 0. The van der Waals surface area contributed by atoms with Crippen LogP contribution in [0.2, 0.25) is 0 Å². The summed E-state index contributed by atoms with van der Waals surface area (Å²) in [5.41, 5.74) is 0. The summed E-state index contributed by atoms with van der Waals surface area (Å²) in [5, 5.41) is 2.88. The predicted octanol–water partition coefficient (Wildman–Crippen LogP) is 1.79. The molecule has 2 fully saturated rings. The molecule has 1 saturated carbocycles. The average molecular weight is 266 g/mol. The van der Waals surface area contributed by atoms with Crippen molar-refractivity contribution in [3.8, 4) is 0 Å². The summed E-state index contributed by atoms with van der Waals surface area (Å²) in [5.74, 6) is 1.56. The van der Waals surface area contributed by atoms with Gasteiger partial charge in [0.1, 0.15) is 12.1 Å². The topological polar surface area (TPSA) is 49.4 Å². The minimum absolute atomic E-state index is 0.00658. The van der Waals surface area contributed by atoms with Crippen LogP contribution in [0.15, 0.2) is 0 Å². The molecule has 4 atom stereocenters. The van der Waals surface area contributed by atoms with Gasteiger partial charge in [-0.2, -0.15) is 0 Å². The normalized spacial score (nSPS) is 31.1. The SMILES string of the molecule is CCC(C)C1NC(=O)C(C)N(CC(C)C2CC2)C1=O. The minimum Gasteiger partial charge on any atom is -0.342 e. The number of nitrogens with zero attached hydrogens (tertiary/aromatic N) is 1. The van der Waals surface area contributed by atoms with Gasteiger partial charge in [-0.25, -0.2) is 0 Å². The van der Waals surface area contributed by atoms with Crippen molar-refractivity contribution in [3.05, 3.63) is 0 Å². The van der Waals surface area contributed by atoms with Gasteiger partial charge in [-0.15, -0.1) is 0 Å². The molecule has 1 N–H and O–H groups in total. The van der Waals surface area contributed by atoms with Crippen molar-refractivity contribution >= 4 is 11.8 Å². The summed E-state index contributed by atoms with van der Waals surface area (Å²) in [7, 11) is 0. The van der Waals surface area contributed by atoms with Crippen LogP contribution < -0.4 is 5.32 Å². The van der Waals surface area contributed by atoms with E-state index in [2.05, 4.69) is 19.2 Å². The Morgan fingerprint density at radius 2 is 1.89 bits per heavy atom. The summed E-state index contributed by atoms with van der Waals surface area (Å²) < 4.78 is 0. The molecule has 2 amide bonds. The summed E-state index contributed by atoms with van der Waals surface area (Å²) in [4.78, 5) is 26.4. The third-order valence-electron chi connectivity index (χ3n) is 4.82. The Bertz CT molecular complexity index is 365. The molecule has 0 bridgehead atoms. The molecule has 4 nitrogen and oxygen atoms in total. The van der Waals surface area contributed by atoms with Crippen LogP contribution >= 0.6 is 0 Å². The largest absolute Gasteiger partial charge is 0.342 e. The number of hydrogen-bond donors (Lipinski definition) is 1. The lowest BCUT2D eigenvalue weighted by atomic mass is 9.93. The monoisotopic (exact) mass is 266 g/mol. The van der Waals surface area contributed by atoms with E-state index in [4.69, 9.17) is 0 Å². The van der Waals surface area contributed by atoms with Gasteiger partial charge in [-0.1, -0.05) is 27.2 Å². The van der Waals surface area contributed by atoms with E-state index in [1.807, 2.05) is 13.8 Å². The van der Waals surface area contributed by atoms with Gasteiger partial charge in [0.25, 0.3) is 0 Å². The smallest absolute Gasteiger partial charge is 0.246 e. The van der Waals surface area contributed by atoms with E-state index >= 15 is 0 Å². The highest BCUT2D eigenvalue weighted by atomic mass is 16.2. The first kappa shape index (κ1) is 14.4. The van der Waals surface area contributed by atoms with Crippen LogP contribution in [0.1, 0.15) is 47.0 Å². The van der Waals surface area contributed by atoms with E-state index in [1.54, 1.807) is 4.90 Å². The zero-order chi connectivity index (χ0) is 14.2. The molecule has 0 aromatic heterocycles. The van der Waals surface area contributed by atoms with Crippen molar-refractivity contribution in [2.24, 2.45) is 17.8 Å². The summed E-state index contributed by atoms with van der Waals surface area (Å²) in [6, 6.07) is -0.658. The highest BCUT2D eigenvalue weighted by Crippen LogP contribution is 2.37. The number of carbonyl (C=O) groups is 2. The van der Waals surface area contributed by atoms with Gasteiger partial charge in [-0.3, -0.25) is 9.59 Å². The number of piperazine rings is 1. The molecule has 108 valence electrons. The molecule has 1 aliphatic heterocycles. The van der Waals surface area contributed by atoms with Crippen molar-refractivity contribution in [1.29, 1.82) is 0 Å². The molecular weight excluding hydrogens is 240 g/mol. The van der Waals surface area contributed by atoms with Crippen LogP contribution in [0.4, 0.5) is 0 Å². The highest BCUT2D eigenvalue weighted by Gasteiger charge is 2.41. The van der Waals surface area contributed by atoms with Gasteiger partial charge >= 0.3 is 0 Å². The number of amides is 2. The van der Waals surface area contributed by atoms with Crippen LogP contribution in [0, 0.1) is 17.8 Å². The second-order valence-corrected chi connectivity index (χ2v) is 6.35. The summed E-state index contributed by atoms with van der Waals surface area (Å²) in [6.45, 7) is 8.84. The molecule has 4 unspecified atom stereocenters. The van der Waals surface area contributed by atoms with Gasteiger partial charge in [0, 0.05) is 6.54 Å². The zero-order valence-electron chi connectivity index (χ0n) is 12.5. The fourth-order valence-electron chi connectivity index (χ4n) is 2.84. The minimum atomic E-state index is -0.333. The number of nitrogens with one attached hydrogen (secondary N) is 1. The molecule has 19 heavy (non-hydrogen) atoms. The standard InChI is InChI=1S/C15H26N2O2/c1-5-9(2)13-15(19)17(11(4)14(18)16-13)8-10(3)12-6-7-12/h9-13H,5-8H2,1-4H3,(H,16,18). The lowest BCUT2D eigenvalue weighted by Crippen LogP contribution is -2.64. The fraction of sp³-hybridized carbons (Fsp3) is 0.867. The van der Waals surface area contributed by atoms with Crippen molar-refractivity contribution in [1.82, 2.24) is 10.2 Å². The van der Waals surface area contributed by atoms with Crippen LogP contribution in [-0.2, 0) is 9.59 Å². The van der Waals surface area contributed by atoms with Crippen molar-refractivity contribution in [3.63, 3.8) is 0 Å². The molecule has 0 aromatic rings. The Balaban J connectivity index is 2.08. The molecule has 1 aliphatic carbocycles. The highest BCUT2D eigenvalue weighted by molar-refractivity contribution is 5.96. The molecule has 2 rings (SSSR count). The molecule has 0 radical (unpaired) electrons. The molecule has 1 heterocycles. The van der Waals surface area contributed by atoms with Crippen LogP contribution in [0.25, 0.3) is 0 Å². The first-order chi connectivity index (χ1) is 8.95. The molecule has 2 aliphatic rings. The predicted molar refractivity (Wildman–Crippen MR) is 74.4 cm³/mol. The molecule has 4 heteroatoms. The fourth-order valence-corrected chi connectivity index (χ4v) is 2.84. The van der Waals surface area contributed by atoms with Crippen LogP contribution in [-0.4, -0.2) is 35.3 Å². The Morgan fingerprint density at radius 3 is 2.42 bits per heavy atom. The van der Waals surface area contributed by atoms with E-state index in [0.29, 0.717) is 5.92 Å². The Hall–Kier alpha value is -1.06. The van der Waals surface area contributed by atoms with E-state index in [1.165, 1.54) is 12.8 Å². The second kappa shape index (κ2) is 5.51. The van der Waals surface area contributed by atoms with Gasteiger partial charge in [0.05, 0.1) is 0 Å². The maximum atomic E-state index is 12.6. The third kappa shape index (κ3) is 2.93. The van der Waals surface area contributed by atoms with Gasteiger partial charge in [-0.05, 0) is 37.5 Å². The quantitative estimate of drug-likeness (QED) is 0.825. The maximum Gasteiger partial charge on any atom is 0.246 e. The van der Waals surface area contributed by atoms with Crippen LogP contribution in [0.3, 0.4) is 0 Å². The summed E-state index contributed by atoms with van der Waals surface area (Å²) in [6.07, 6.45) is 3.45. The molecule has 0 aromatic carbocycles. The van der Waals surface area contributed by atoms with Crippen molar-refractivity contribution in [2.45, 2.75) is 59.0 Å². The van der Waals surface area contributed by atoms with Gasteiger partial charge < -0.3 is 10.2 Å². The van der Waals surface area contributed by atoms with Crippen molar-refractivity contribution < 1.29 is 9.59 Å². The average Bonchev–Trinajstić information content (AvgIpc) is 3.22. The lowest BCUT2D eigenvalue weighted by Gasteiger charge is -2.40. The van der Waals surface area contributed by atoms with E-state index in [0.717, 1.165) is 18.9 Å². The first-order valence-electron chi connectivity index (χ1n) is 7.56. The maximum absolute atomic E-state index is 12.6. The number of carbonyl (C=O) groups excluding carboxylic acids is 2. The van der Waals surface area contributed by atoms with E-state index in [-0.39, 0.29) is 29.8 Å². The molecular formula is C15H26N2O2. The van der Waals surface area contributed by atoms with E-state index in [9.17, 15) is 9.59 Å². The molecule has 1 saturated heterocycles. The first-order valence-corrected chi connectivity index (χ1v) is 7.56. The number of hydrogen-bond acceptors (Lipinski definition) is 2. The van der Waals surface area contributed by atoms with Gasteiger partial charge in [0.2, 0.25) is 11.8 Å². The molecule has 0 spiro atoms. The van der Waals surface area contributed by atoms with E-state index < -0.39 is 0 Å². The Morgan fingerprint density at radius 1 is 1.26 bits per heavy atom. The van der Waals surface area contributed by atoms with Gasteiger partial charge in [0.15, 0.2) is 0 Å². The zero-order valence-corrected chi connectivity index (χ0v) is 12.5. The van der Waals surface area contributed by atoms with Crippen LogP contribution in [0.5, 0.6) is 0 Å². The third-order valence-corrected chi connectivity index (χ3v) is 4.82. The van der Waals surface area contributed by atoms with Crippen molar-refractivity contribution in [2.75, 3.05) is 6.54 Å². The Labute approximate surface area is 115 Å².